The molecule has 0 saturated carbocycles. The molecule has 0 spiro atoms. The summed E-state index contributed by atoms with van der Waals surface area (Å²) >= 11 is 0. The third kappa shape index (κ3) is 2.65. The summed E-state index contributed by atoms with van der Waals surface area (Å²) < 4.78 is 12.0. The fourth-order valence-electron chi connectivity index (χ4n) is 3.89. The van der Waals surface area contributed by atoms with Gasteiger partial charge in [-0.15, -0.1) is 0 Å². The number of ether oxygens (including phenoxy) is 2. The molecule has 2 aliphatic rings. The van der Waals surface area contributed by atoms with Crippen molar-refractivity contribution >= 4 is 5.71 Å². The van der Waals surface area contributed by atoms with Crippen LogP contribution >= 0.6 is 0 Å². The van der Waals surface area contributed by atoms with Gasteiger partial charge in [-0.3, -0.25) is 0 Å². The highest BCUT2D eigenvalue weighted by Crippen LogP contribution is 2.50. The van der Waals surface area contributed by atoms with Crippen LogP contribution in [0.15, 0.2) is 84.0 Å². The Morgan fingerprint density at radius 1 is 0.926 bits per heavy atom. The van der Waals surface area contributed by atoms with Gasteiger partial charge in [0.05, 0.1) is 18.9 Å². The first-order valence-corrected chi connectivity index (χ1v) is 9.15. The second-order valence-corrected chi connectivity index (χ2v) is 6.77. The number of para-hydroxylation sites is 1. The molecule has 0 aromatic heterocycles. The number of fused-ring (bicyclic) bond motifs is 3. The van der Waals surface area contributed by atoms with Crippen LogP contribution in [0.25, 0.3) is 0 Å². The van der Waals surface area contributed by atoms with Crippen LogP contribution in [0, 0.1) is 0 Å². The van der Waals surface area contributed by atoms with Gasteiger partial charge in [0.25, 0.3) is 0 Å². The summed E-state index contributed by atoms with van der Waals surface area (Å²) in [4.78, 5) is 0. The molecule has 134 valence electrons. The summed E-state index contributed by atoms with van der Waals surface area (Å²) in [7, 11) is 1.68. The summed E-state index contributed by atoms with van der Waals surface area (Å²) in [5, 5.41) is 7.07. The van der Waals surface area contributed by atoms with E-state index in [4.69, 9.17) is 14.6 Å². The third-order valence-corrected chi connectivity index (χ3v) is 5.19. The van der Waals surface area contributed by atoms with Crippen LogP contribution in [0.4, 0.5) is 0 Å². The van der Waals surface area contributed by atoms with E-state index in [1.807, 2.05) is 36.4 Å². The quantitative estimate of drug-likeness (QED) is 0.667. The minimum Gasteiger partial charge on any atom is -0.493 e. The largest absolute Gasteiger partial charge is 0.493 e. The normalized spacial score (nSPS) is 20.3. The highest BCUT2D eigenvalue weighted by Gasteiger charge is 2.41. The number of methoxy groups -OCH3 is 1. The van der Waals surface area contributed by atoms with Crippen molar-refractivity contribution in [2.45, 2.75) is 18.7 Å². The molecule has 0 N–H and O–H groups in total. The maximum atomic E-state index is 6.43. The fraction of sp³-hybridized carbons (Fsp3) is 0.174. The predicted molar refractivity (Wildman–Crippen MR) is 105 cm³/mol. The van der Waals surface area contributed by atoms with Crippen molar-refractivity contribution in [3.63, 3.8) is 0 Å². The summed E-state index contributed by atoms with van der Waals surface area (Å²) in [6, 6.07) is 26.8. The number of benzene rings is 3. The average Bonchev–Trinajstić information content (AvgIpc) is 3.20. The maximum absolute atomic E-state index is 6.43. The van der Waals surface area contributed by atoms with Gasteiger partial charge in [0.2, 0.25) is 6.23 Å². The van der Waals surface area contributed by atoms with Crippen molar-refractivity contribution in [1.82, 2.24) is 5.01 Å². The third-order valence-electron chi connectivity index (χ3n) is 5.19. The van der Waals surface area contributed by atoms with Crippen molar-refractivity contribution in [2.24, 2.45) is 5.10 Å². The van der Waals surface area contributed by atoms with Gasteiger partial charge in [0, 0.05) is 17.5 Å². The van der Waals surface area contributed by atoms with Gasteiger partial charge in [-0.1, -0.05) is 72.8 Å². The Labute approximate surface area is 158 Å². The summed E-state index contributed by atoms with van der Waals surface area (Å²) in [5.41, 5.74) is 4.44. The van der Waals surface area contributed by atoms with E-state index >= 15 is 0 Å². The highest BCUT2D eigenvalue weighted by atomic mass is 16.5. The molecule has 0 aliphatic carbocycles. The fourth-order valence-corrected chi connectivity index (χ4v) is 3.89. The van der Waals surface area contributed by atoms with Crippen LogP contribution in [0.5, 0.6) is 11.5 Å². The van der Waals surface area contributed by atoms with E-state index in [9.17, 15) is 0 Å². The molecule has 0 fully saturated rings. The first-order valence-electron chi connectivity index (χ1n) is 9.15. The Balaban J connectivity index is 1.63. The van der Waals surface area contributed by atoms with Gasteiger partial charge < -0.3 is 9.47 Å². The van der Waals surface area contributed by atoms with Gasteiger partial charge >= 0.3 is 0 Å². The van der Waals surface area contributed by atoms with Crippen LogP contribution in [0.2, 0.25) is 0 Å². The molecule has 2 aliphatic heterocycles. The topological polar surface area (TPSA) is 34.1 Å². The van der Waals surface area contributed by atoms with E-state index in [2.05, 4.69) is 47.5 Å². The van der Waals surface area contributed by atoms with Gasteiger partial charge in [0.15, 0.2) is 11.5 Å². The zero-order chi connectivity index (χ0) is 18.2. The predicted octanol–water partition coefficient (Wildman–Crippen LogP) is 4.94. The maximum Gasteiger partial charge on any atom is 0.214 e. The first kappa shape index (κ1) is 15.9. The number of rotatable bonds is 3. The number of nitrogens with zero attached hydrogens (tertiary/aromatic N) is 2. The SMILES string of the molecule is COc1cccc2c1OC(c1ccccc1)N1N=C(c3ccccc3)CC21. The molecule has 4 nitrogen and oxygen atoms in total. The van der Waals surface area contributed by atoms with Gasteiger partial charge in [-0.25, -0.2) is 5.01 Å². The van der Waals surface area contributed by atoms with E-state index in [0.29, 0.717) is 0 Å². The number of hydrogen-bond acceptors (Lipinski definition) is 4. The second-order valence-electron chi connectivity index (χ2n) is 6.77. The van der Waals surface area contributed by atoms with E-state index in [1.54, 1.807) is 7.11 Å². The first-order chi connectivity index (χ1) is 13.3. The van der Waals surface area contributed by atoms with E-state index in [0.717, 1.165) is 40.3 Å². The summed E-state index contributed by atoms with van der Waals surface area (Å²) in [6.07, 6.45) is 0.567. The Morgan fingerprint density at radius 2 is 1.67 bits per heavy atom. The van der Waals surface area contributed by atoms with E-state index in [1.165, 1.54) is 0 Å². The lowest BCUT2D eigenvalue weighted by Crippen LogP contribution is -2.33. The Kier molecular flexibility index (Phi) is 3.82. The summed E-state index contributed by atoms with van der Waals surface area (Å²) in [6.45, 7) is 0. The molecule has 2 heterocycles. The minimum absolute atomic E-state index is 0.129. The lowest BCUT2D eigenvalue weighted by atomic mass is 9.95. The molecule has 3 aromatic carbocycles. The van der Waals surface area contributed by atoms with Crippen molar-refractivity contribution in [1.29, 1.82) is 0 Å². The molecular weight excluding hydrogens is 336 g/mol. The minimum atomic E-state index is -0.277. The van der Waals surface area contributed by atoms with Gasteiger partial charge in [-0.05, 0) is 11.6 Å². The second kappa shape index (κ2) is 6.47. The molecule has 0 radical (unpaired) electrons. The van der Waals surface area contributed by atoms with Gasteiger partial charge in [0.1, 0.15) is 0 Å². The van der Waals surface area contributed by atoms with E-state index < -0.39 is 0 Å². The van der Waals surface area contributed by atoms with Gasteiger partial charge in [-0.2, -0.15) is 5.10 Å². The molecule has 4 heteroatoms. The van der Waals surface area contributed by atoms with Crippen molar-refractivity contribution in [3.8, 4) is 11.5 Å². The van der Waals surface area contributed by atoms with E-state index in [-0.39, 0.29) is 12.3 Å². The van der Waals surface area contributed by atoms with Crippen molar-refractivity contribution in [2.75, 3.05) is 7.11 Å². The average molecular weight is 356 g/mol. The van der Waals surface area contributed by atoms with Crippen LogP contribution in [-0.4, -0.2) is 17.8 Å². The highest BCUT2D eigenvalue weighted by molar-refractivity contribution is 6.01. The monoisotopic (exact) mass is 356 g/mol. The molecule has 27 heavy (non-hydrogen) atoms. The van der Waals surface area contributed by atoms with Crippen LogP contribution in [0.1, 0.15) is 35.4 Å². The standard InChI is InChI=1S/C23H20N2O2/c1-26-21-14-8-13-18-20-15-19(16-9-4-2-5-10-16)24-25(20)23(27-22(18)21)17-11-6-3-7-12-17/h2-14,20,23H,15H2,1H3. The Morgan fingerprint density at radius 3 is 2.41 bits per heavy atom. The van der Waals surface area contributed by atoms with Crippen molar-refractivity contribution in [3.05, 3.63) is 95.6 Å². The lowest BCUT2D eigenvalue weighted by molar-refractivity contribution is -0.0209. The molecule has 3 aromatic rings. The van der Waals surface area contributed by atoms with Crippen LogP contribution < -0.4 is 9.47 Å². The number of hydrogen-bond donors (Lipinski definition) is 0. The lowest BCUT2D eigenvalue weighted by Gasteiger charge is -2.38. The molecule has 0 saturated heterocycles. The molecule has 2 unspecified atom stereocenters. The number of hydrazone groups is 1. The smallest absolute Gasteiger partial charge is 0.214 e. The zero-order valence-electron chi connectivity index (χ0n) is 15.1. The molecule has 5 rings (SSSR count). The van der Waals surface area contributed by atoms with Crippen LogP contribution in [-0.2, 0) is 0 Å². The van der Waals surface area contributed by atoms with Crippen LogP contribution in [0.3, 0.4) is 0 Å². The summed E-state index contributed by atoms with van der Waals surface area (Å²) in [5.74, 6) is 1.58. The molecule has 2 atom stereocenters. The molecule has 0 bridgehead atoms. The Hall–Kier alpha value is -3.27. The molecular formula is C23H20N2O2. The Bertz CT molecular complexity index is 986. The van der Waals surface area contributed by atoms with Crippen molar-refractivity contribution < 1.29 is 9.47 Å². The zero-order valence-corrected chi connectivity index (χ0v) is 15.1. The molecule has 0 amide bonds.